The zero-order valence-corrected chi connectivity index (χ0v) is 21.0. The minimum atomic E-state index is -0.489. The van der Waals surface area contributed by atoms with E-state index in [-0.39, 0.29) is 11.2 Å². The van der Waals surface area contributed by atoms with Crippen molar-refractivity contribution in [2.24, 2.45) is 22.7 Å². The van der Waals surface area contributed by atoms with Gasteiger partial charge in [-0.15, -0.1) is 23.5 Å². The quantitative estimate of drug-likeness (QED) is 0.424. The average Bonchev–Trinajstić information content (AvgIpc) is 3.34. The molecule has 0 bridgehead atoms. The van der Waals surface area contributed by atoms with Crippen LogP contribution >= 0.6 is 23.5 Å². The molecule has 0 aromatic heterocycles. The molecule has 4 nitrogen and oxygen atoms in total. The van der Waals surface area contributed by atoms with Crippen LogP contribution in [0.4, 0.5) is 0 Å². The fourth-order valence-corrected chi connectivity index (χ4v) is 7.44. The van der Waals surface area contributed by atoms with Crippen LogP contribution in [0.15, 0.2) is 12.2 Å². The Morgan fingerprint density at radius 3 is 2.47 bits per heavy atom. The Morgan fingerprint density at radius 1 is 1.17 bits per heavy atom. The van der Waals surface area contributed by atoms with Crippen molar-refractivity contribution in [3.05, 3.63) is 12.2 Å². The first kappa shape index (κ1) is 24.6. The second-order valence-corrected chi connectivity index (χ2v) is 13.3. The lowest BCUT2D eigenvalue weighted by Crippen LogP contribution is -2.50. The zero-order chi connectivity index (χ0) is 21.8. The Labute approximate surface area is 191 Å². The molecular weight excluding hydrogens is 416 g/mol. The third kappa shape index (κ3) is 6.06. The predicted molar refractivity (Wildman–Crippen MR) is 127 cm³/mol. The summed E-state index contributed by atoms with van der Waals surface area (Å²) in [5.74, 6) is 2.84. The molecule has 2 saturated heterocycles. The van der Waals surface area contributed by atoms with Gasteiger partial charge in [-0.05, 0) is 38.2 Å². The van der Waals surface area contributed by atoms with Gasteiger partial charge in [-0.25, -0.2) is 0 Å². The van der Waals surface area contributed by atoms with E-state index in [4.69, 9.17) is 14.2 Å². The van der Waals surface area contributed by atoms with Crippen molar-refractivity contribution >= 4 is 29.3 Å². The highest BCUT2D eigenvalue weighted by Gasteiger charge is 2.53. The molecule has 6 heteroatoms. The fraction of sp³-hybridized carbons (Fsp3) is 0.875. The number of hydrogen-bond donors (Lipinski definition) is 0. The van der Waals surface area contributed by atoms with Gasteiger partial charge < -0.3 is 14.2 Å². The van der Waals surface area contributed by atoms with E-state index in [2.05, 4.69) is 43.4 Å². The monoisotopic (exact) mass is 456 g/mol. The van der Waals surface area contributed by atoms with Gasteiger partial charge in [-0.3, -0.25) is 4.79 Å². The van der Waals surface area contributed by atoms with E-state index in [0.717, 1.165) is 32.5 Å². The Balaban J connectivity index is 1.69. The number of carbonyl (C=O) groups excluding carboxylic acids is 1. The van der Waals surface area contributed by atoms with E-state index in [9.17, 15) is 4.79 Å². The van der Waals surface area contributed by atoms with E-state index in [1.165, 1.54) is 17.9 Å². The van der Waals surface area contributed by atoms with Gasteiger partial charge >= 0.3 is 0 Å². The molecule has 0 aromatic carbocycles. The highest BCUT2D eigenvalue weighted by Crippen LogP contribution is 2.51. The minimum Gasteiger partial charge on any atom is -0.381 e. The topological polar surface area (TPSA) is 44.8 Å². The van der Waals surface area contributed by atoms with Crippen molar-refractivity contribution in [1.82, 2.24) is 0 Å². The number of hydrogen-bond acceptors (Lipinski definition) is 6. The molecule has 2 aliphatic heterocycles. The molecule has 0 aromatic rings. The maximum atomic E-state index is 12.8. The van der Waals surface area contributed by atoms with Crippen LogP contribution < -0.4 is 0 Å². The minimum absolute atomic E-state index is 0.0696. The summed E-state index contributed by atoms with van der Waals surface area (Å²) in [4.78, 5) is 12.8. The second kappa shape index (κ2) is 10.3. The molecule has 30 heavy (non-hydrogen) atoms. The molecule has 1 aliphatic carbocycles. The molecule has 0 N–H and O–H groups in total. The van der Waals surface area contributed by atoms with Crippen LogP contribution in [0.3, 0.4) is 0 Å². The Morgan fingerprint density at radius 2 is 1.83 bits per heavy atom. The van der Waals surface area contributed by atoms with Crippen molar-refractivity contribution in [2.75, 3.05) is 37.9 Å². The van der Waals surface area contributed by atoms with Gasteiger partial charge in [0.25, 0.3) is 0 Å². The normalized spacial score (nSPS) is 29.2. The van der Waals surface area contributed by atoms with Crippen molar-refractivity contribution in [1.29, 1.82) is 0 Å². The van der Waals surface area contributed by atoms with Crippen LogP contribution in [0, 0.1) is 22.7 Å². The van der Waals surface area contributed by atoms with E-state index in [0.29, 0.717) is 29.6 Å². The number of allylic oxidation sites excluding steroid dienone is 2. The van der Waals surface area contributed by atoms with Gasteiger partial charge in [0.15, 0.2) is 11.6 Å². The Hall–Kier alpha value is -0.0100. The summed E-state index contributed by atoms with van der Waals surface area (Å²) in [5, 5.41) is 0. The maximum Gasteiger partial charge on any atom is 0.171 e. The smallest absolute Gasteiger partial charge is 0.171 e. The van der Waals surface area contributed by atoms with Crippen molar-refractivity contribution < 1.29 is 19.0 Å². The summed E-state index contributed by atoms with van der Waals surface area (Å²) in [6.07, 6.45) is 8.18. The Kier molecular flexibility index (Phi) is 8.44. The first-order valence-corrected chi connectivity index (χ1v) is 13.6. The van der Waals surface area contributed by atoms with Gasteiger partial charge in [0.2, 0.25) is 0 Å². The van der Waals surface area contributed by atoms with Crippen LogP contribution in [0.2, 0.25) is 0 Å². The van der Waals surface area contributed by atoms with Crippen LogP contribution in [-0.2, 0) is 19.0 Å². The fourth-order valence-electron chi connectivity index (χ4n) is 4.58. The molecular formula is C24H40O4S2. The number of ether oxygens (including phenoxy) is 3. The third-order valence-electron chi connectivity index (χ3n) is 6.56. The molecule has 172 valence electrons. The second-order valence-electron chi connectivity index (χ2n) is 10.4. The molecule has 0 amide bonds. The van der Waals surface area contributed by atoms with Crippen molar-refractivity contribution in [3.8, 4) is 0 Å². The molecule has 2 atom stereocenters. The summed E-state index contributed by atoms with van der Waals surface area (Å²) in [5.41, 5.74) is -0.419. The summed E-state index contributed by atoms with van der Waals surface area (Å²) in [6.45, 7) is 12.9. The van der Waals surface area contributed by atoms with E-state index >= 15 is 0 Å². The standard InChI is InChI=1S/C24H40O4S2/c1-6-26-17-23(4,5)20(25)9-7-18-11-12-24(27-15-22(2,3)16-28-24)19(18)8-10-21-29-13-14-30-21/h7,9,18-19,21H,6,8,10-17H2,1-5H3. The number of thioether (sulfide) groups is 2. The van der Waals surface area contributed by atoms with Crippen molar-refractivity contribution in [3.63, 3.8) is 0 Å². The summed E-state index contributed by atoms with van der Waals surface area (Å²) in [6, 6.07) is 0. The molecule has 0 radical (unpaired) electrons. The lowest BCUT2D eigenvalue weighted by Gasteiger charge is -2.45. The van der Waals surface area contributed by atoms with Crippen LogP contribution in [0.5, 0.6) is 0 Å². The number of ketones is 1. The summed E-state index contributed by atoms with van der Waals surface area (Å²) >= 11 is 4.17. The molecule has 3 aliphatic rings. The van der Waals surface area contributed by atoms with E-state index in [1.807, 2.05) is 26.8 Å². The summed E-state index contributed by atoms with van der Waals surface area (Å²) in [7, 11) is 0. The third-order valence-corrected chi connectivity index (χ3v) is 9.72. The van der Waals surface area contributed by atoms with Crippen LogP contribution in [0.1, 0.15) is 60.3 Å². The van der Waals surface area contributed by atoms with Crippen LogP contribution in [0.25, 0.3) is 0 Å². The van der Waals surface area contributed by atoms with E-state index in [1.54, 1.807) is 0 Å². The summed E-state index contributed by atoms with van der Waals surface area (Å²) < 4.78 is 19.1. The first-order valence-electron chi connectivity index (χ1n) is 11.5. The number of rotatable bonds is 9. The predicted octanol–water partition coefficient (Wildman–Crippen LogP) is 5.56. The van der Waals surface area contributed by atoms with Gasteiger partial charge in [0.1, 0.15) is 0 Å². The highest BCUT2D eigenvalue weighted by atomic mass is 32.2. The van der Waals surface area contributed by atoms with Gasteiger partial charge in [-0.1, -0.05) is 33.8 Å². The van der Waals surface area contributed by atoms with Crippen molar-refractivity contribution in [2.45, 2.75) is 70.7 Å². The molecule has 3 fully saturated rings. The maximum absolute atomic E-state index is 12.8. The molecule has 1 spiro atoms. The SMILES string of the molecule is CCOCC(C)(C)C(=O)C=CC1CCC2(OCC(C)(C)CO2)C1CCC1SCCS1. The van der Waals surface area contributed by atoms with Gasteiger partial charge in [0.05, 0.1) is 29.8 Å². The van der Waals surface area contributed by atoms with Crippen LogP contribution in [-0.4, -0.2) is 54.1 Å². The van der Waals surface area contributed by atoms with Gasteiger partial charge in [0, 0.05) is 35.9 Å². The molecule has 2 heterocycles. The molecule has 3 rings (SSSR count). The van der Waals surface area contributed by atoms with Gasteiger partial charge in [-0.2, -0.15) is 0 Å². The molecule has 2 unspecified atom stereocenters. The number of carbonyl (C=O) groups is 1. The lowest BCUT2D eigenvalue weighted by molar-refractivity contribution is -0.316. The lowest BCUT2D eigenvalue weighted by atomic mass is 9.84. The molecule has 1 saturated carbocycles. The Bertz CT molecular complexity index is 600. The average molecular weight is 457 g/mol. The highest BCUT2D eigenvalue weighted by molar-refractivity contribution is 8.20. The first-order chi connectivity index (χ1) is 14.2. The van der Waals surface area contributed by atoms with E-state index < -0.39 is 11.2 Å². The largest absolute Gasteiger partial charge is 0.381 e. The zero-order valence-electron chi connectivity index (χ0n) is 19.4.